The van der Waals surface area contributed by atoms with E-state index in [2.05, 4.69) is 29.4 Å². The number of alkyl carbamates (subject to hydrolysis) is 1. The number of piperazine rings is 1. The predicted octanol–water partition coefficient (Wildman–Crippen LogP) is 0.557. The van der Waals surface area contributed by atoms with Crippen LogP contribution >= 0.6 is 0 Å². The zero-order valence-corrected chi connectivity index (χ0v) is 10.7. The number of carbonyl (C=O) groups excluding carboxylic acids is 1. The molecule has 0 aromatic heterocycles. The van der Waals surface area contributed by atoms with E-state index in [1.807, 2.05) is 0 Å². The smallest absolute Gasteiger partial charge is 0.407 e. The Hall–Kier alpha value is -0.810. The molecule has 2 N–H and O–H groups in total. The summed E-state index contributed by atoms with van der Waals surface area (Å²) in [7, 11) is 0. The summed E-state index contributed by atoms with van der Waals surface area (Å²) in [4.78, 5) is 13.5. The molecule has 0 aromatic rings. The molecule has 5 nitrogen and oxygen atoms in total. The van der Waals surface area contributed by atoms with Gasteiger partial charge in [0.15, 0.2) is 0 Å². The van der Waals surface area contributed by atoms with Gasteiger partial charge in [-0.05, 0) is 12.8 Å². The largest absolute Gasteiger partial charge is 0.443 e. The number of hydrogen-bond acceptors (Lipinski definition) is 4. The van der Waals surface area contributed by atoms with Crippen LogP contribution in [0.1, 0.15) is 26.7 Å². The van der Waals surface area contributed by atoms with Crippen molar-refractivity contribution in [2.75, 3.05) is 26.2 Å². The van der Waals surface area contributed by atoms with Crippen molar-refractivity contribution in [1.29, 1.82) is 0 Å². The van der Waals surface area contributed by atoms with Crippen LogP contribution in [0.3, 0.4) is 0 Å². The SMILES string of the molecule is CCC1CN(CC2CNC(=O)O2)C(CC)CN1. The molecule has 0 aromatic carbocycles. The molecular formula is C12H23N3O2. The topological polar surface area (TPSA) is 53.6 Å². The maximum absolute atomic E-state index is 11.0. The molecule has 98 valence electrons. The molecule has 17 heavy (non-hydrogen) atoms. The molecule has 2 fully saturated rings. The quantitative estimate of drug-likeness (QED) is 0.755. The van der Waals surface area contributed by atoms with Crippen LogP contribution in [0.5, 0.6) is 0 Å². The number of carbonyl (C=O) groups is 1. The fraction of sp³-hybridized carbons (Fsp3) is 0.917. The van der Waals surface area contributed by atoms with Crippen LogP contribution in [0, 0.1) is 0 Å². The van der Waals surface area contributed by atoms with E-state index < -0.39 is 0 Å². The Labute approximate surface area is 103 Å². The summed E-state index contributed by atoms with van der Waals surface area (Å²) in [6, 6.07) is 1.14. The lowest BCUT2D eigenvalue weighted by molar-refractivity contribution is 0.0637. The molecule has 0 aliphatic carbocycles. The Morgan fingerprint density at radius 3 is 2.76 bits per heavy atom. The molecule has 2 aliphatic rings. The van der Waals surface area contributed by atoms with Gasteiger partial charge in [0.2, 0.25) is 0 Å². The third-order valence-corrected chi connectivity index (χ3v) is 3.76. The van der Waals surface area contributed by atoms with E-state index in [1.165, 1.54) is 0 Å². The van der Waals surface area contributed by atoms with Crippen molar-refractivity contribution in [3.05, 3.63) is 0 Å². The van der Waals surface area contributed by atoms with Gasteiger partial charge in [-0.1, -0.05) is 13.8 Å². The van der Waals surface area contributed by atoms with E-state index >= 15 is 0 Å². The number of cyclic esters (lactones) is 1. The van der Waals surface area contributed by atoms with Crippen LogP contribution in [-0.2, 0) is 4.74 Å². The fourth-order valence-electron chi connectivity index (χ4n) is 2.62. The second kappa shape index (κ2) is 5.69. The lowest BCUT2D eigenvalue weighted by Crippen LogP contribution is -2.57. The number of nitrogens with zero attached hydrogens (tertiary/aromatic N) is 1. The Bertz CT molecular complexity index is 272. The Morgan fingerprint density at radius 1 is 1.35 bits per heavy atom. The van der Waals surface area contributed by atoms with Gasteiger partial charge >= 0.3 is 6.09 Å². The maximum Gasteiger partial charge on any atom is 0.407 e. The highest BCUT2D eigenvalue weighted by atomic mass is 16.6. The summed E-state index contributed by atoms with van der Waals surface area (Å²) in [5.74, 6) is 0. The molecule has 5 heteroatoms. The van der Waals surface area contributed by atoms with E-state index in [9.17, 15) is 4.79 Å². The van der Waals surface area contributed by atoms with Gasteiger partial charge in [0.1, 0.15) is 6.10 Å². The molecular weight excluding hydrogens is 218 g/mol. The molecule has 3 unspecified atom stereocenters. The molecule has 2 saturated heterocycles. The first-order valence-electron chi connectivity index (χ1n) is 6.64. The lowest BCUT2D eigenvalue weighted by atomic mass is 10.0. The van der Waals surface area contributed by atoms with Crippen LogP contribution < -0.4 is 10.6 Å². The highest BCUT2D eigenvalue weighted by Crippen LogP contribution is 2.14. The summed E-state index contributed by atoms with van der Waals surface area (Å²) in [6.45, 7) is 8.03. The Morgan fingerprint density at radius 2 is 2.18 bits per heavy atom. The van der Waals surface area contributed by atoms with Crippen molar-refractivity contribution in [2.24, 2.45) is 0 Å². The van der Waals surface area contributed by atoms with Gasteiger partial charge in [-0.25, -0.2) is 4.79 Å². The van der Waals surface area contributed by atoms with Crippen molar-refractivity contribution >= 4 is 6.09 Å². The Balaban J connectivity index is 1.88. The first-order valence-corrected chi connectivity index (χ1v) is 6.64. The molecule has 0 saturated carbocycles. The minimum absolute atomic E-state index is 0.0205. The fourth-order valence-corrected chi connectivity index (χ4v) is 2.62. The standard InChI is InChI=1S/C12H23N3O2/c1-3-9-7-15(10(4-2)5-13-9)8-11-6-14-12(16)17-11/h9-11,13H,3-8H2,1-2H3,(H,14,16). The molecule has 1 amide bonds. The summed E-state index contributed by atoms with van der Waals surface area (Å²) in [5.41, 5.74) is 0. The monoisotopic (exact) mass is 241 g/mol. The average Bonchev–Trinajstić information content (AvgIpc) is 2.74. The van der Waals surface area contributed by atoms with E-state index in [0.29, 0.717) is 18.6 Å². The normalized spacial score (nSPS) is 34.5. The number of hydrogen-bond donors (Lipinski definition) is 2. The van der Waals surface area contributed by atoms with Crippen LogP contribution in [0.15, 0.2) is 0 Å². The van der Waals surface area contributed by atoms with Crippen molar-refractivity contribution < 1.29 is 9.53 Å². The first kappa shape index (κ1) is 12.6. The number of amides is 1. The van der Waals surface area contributed by atoms with E-state index in [0.717, 1.165) is 32.5 Å². The van der Waals surface area contributed by atoms with Crippen LogP contribution in [-0.4, -0.2) is 55.4 Å². The minimum Gasteiger partial charge on any atom is -0.443 e. The van der Waals surface area contributed by atoms with E-state index in [4.69, 9.17) is 4.74 Å². The van der Waals surface area contributed by atoms with Gasteiger partial charge in [-0.3, -0.25) is 4.90 Å². The third-order valence-electron chi connectivity index (χ3n) is 3.76. The summed E-state index contributed by atoms with van der Waals surface area (Å²) >= 11 is 0. The van der Waals surface area contributed by atoms with Gasteiger partial charge in [0.05, 0.1) is 6.54 Å². The number of ether oxygens (including phenoxy) is 1. The first-order chi connectivity index (χ1) is 8.22. The third kappa shape index (κ3) is 3.10. The van der Waals surface area contributed by atoms with Crippen molar-refractivity contribution in [3.8, 4) is 0 Å². The van der Waals surface area contributed by atoms with Crippen LogP contribution in [0.4, 0.5) is 4.79 Å². The molecule has 2 rings (SSSR count). The second-order valence-corrected chi connectivity index (χ2v) is 4.94. The minimum atomic E-state index is -0.273. The Kier molecular flexibility index (Phi) is 4.23. The van der Waals surface area contributed by atoms with Gasteiger partial charge < -0.3 is 15.4 Å². The number of rotatable bonds is 4. The van der Waals surface area contributed by atoms with E-state index in [1.54, 1.807) is 0 Å². The molecule has 2 heterocycles. The zero-order chi connectivity index (χ0) is 12.3. The molecule has 0 bridgehead atoms. The second-order valence-electron chi connectivity index (χ2n) is 4.94. The van der Waals surface area contributed by atoms with Crippen LogP contribution in [0.25, 0.3) is 0 Å². The van der Waals surface area contributed by atoms with Gasteiger partial charge in [-0.15, -0.1) is 0 Å². The maximum atomic E-state index is 11.0. The zero-order valence-electron chi connectivity index (χ0n) is 10.7. The van der Waals surface area contributed by atoms with Crippen LogP contribution in [0.2, 0.25) is 0 Å². The summed E-state index contributed by atoms with van der Waals surface area (Å²) < 4.78 is 5.21. The molecule has 0 radical (unpaired) electrons. The molecule has 2 aliphatic heterocycles. The highest BCUT2D eigenvalue weighted by molar-refractivity contribution is 5.69. The predicted molar refractivity (Wildman–Crippen MR) is 66.0 cm³/mol. The van der Waals surface area contributed by atoms with Crippen molar-refractivity contribution in [1.82, 2.24) is 15.5 Å². The average molecular weight is 241 g/mol. The van der Waals surface area contributed by atoms with Crippen molar-refractivity contribution in [3.63, 3.8) is 0 Å². The lowest BCUT2D eigenvalue weighted by Gasteiger charge is -2.40. The van der Waals surface area contributed by atoms with Gasteiger partial charge in [-0.2, -0.15) is 0 Å². The van der Waals surface area contributed by atoms with Gasteiger partial charge in [0, 0.05) is 31.7 Å². The summed E-state index contributed by atoms with van der Waals surface area (Å²) in [6.07, 6.45) is 2.03. The number of nitrogens with one attached hydrogen (secondary N) is 2. The molecule has 0 spiro atoms. The molecule has 3 atom stereocenters. The van der Waals surface area contributed by atoms with Crippen molar-refractivity contribution in [2.45, 2.75) is 44.9 Å². The van der Waals surface area contributed by atoms with E-state index in [-0.39, 0.29) is 12.2 Å². The summed E-state index contributed by atoms with van der Waals surface area (Å²) in [5, 5.41) is 6.28. The van der Waals surface area contributed by atoms with Gasteiger partial charge in [0.25, 0.3) is 0 Å². The highest BCUT2D eigenvalue weighted by Gasteiger charge is 2.31.